The van der Waals surface area contributed by atoms with Gasteiger partial charge in [0.25, 0.3) is 0 Å². The second-order valence-corrected chi connectivity index (χ2v) is 6.49. The Hall–Kier alpha value is -1.88. The topological polar surface area (TPSA) is 61.4 Å². The molecule has 1 aromatic carbocycles. The highest BCUT2D eigenvalue weighted by atomic mass is 16.2. The lowest BCUT2D eigenvalue weighted by Crippen LogP contribution is -2.39. The molecule has 1 saturated carbocycles. The first-order valence-corrected chi connectivity index (χ1v) is 8.35. The van der Waals surface area contributed by atoms with Gasteiger partial charge in [-0.05, 0) is 49.9 Å². The van der Waals surface area contributed by atoms with Crippen LogP contribution in [0.2, 0.25) is 0 Å². The second-order valence-electron chi connectivity index (χ2n) is 6.49. The summed E-state index contributed by atoms with van der Waals surface area (Å²) in [4.78, 5) is 25.4. The summed E-state index contributed by atoms with van der Waals surface area (Å²) in [6.07, 6.45) is 3.24. The van der Waals surface area contributed by atoms with Crippen LogP contribution in [0.5, 0.6) is 0 Å². The molecule has 0 bridgehead atoms. The SMILES string of the molecule is CC[C@@H](C)c1ccc(NC(=O)CN(C)CC(=O)NC2CC2)cc1. The van der Waals surface area contributed by atoms with E-state index in [9.17, 15) is 9.59 Å². The molecule has 1 aromatic rings. The fourth-order valence-corrected chi connectivity index (χ4v) is 2.38. The summed E-state index contributed by atoms with van der Waals surface area (Å²) in [5, 5.41) is 5.79. The van der Waals surface area contributed by atoms with Crippen molar-refractivity contribution in [1.29, 1.82) is 0 Å². The molecule has 23 heavy (non-hydrogen) atoms. The average molecular weight is 317 g/mol. The maximum absolute atomic E-state index is 12.0. The third kappa shape index (κ3) is 6.02. The van der Waals surface area contributed by atoms with Crippen LogP contribution in [0.4, 0.5) is 5.69 Å². The summed E-state index contributed by atoms with van der Waals surface area (Å²) in [6.45, 7) is 4.80. The Morgan fingerprint density at radius 1 is 1.17 bits per heavy atom. The van der Waals surface area contributed by atoms with Crippen LogP contribution in [-0.4, -0.2) is 42.9 Å². The molecule has 0 saturated heterocycles. The van der Waals surface area contributed by atoms with E-state index < -0.39 is 0 Å². The number of likely N-dealkylation sites (N-methyl/N-ethyl adjacent to an activating group) is 1. The van der Waals surface area contributed by atoms with E-state index in [-0.39, 0.29) is 24.9 Å². The van der Waals surface area contributed by atoms with E-state index in [2.05, 4.69) is 36.6 Å². The molecule has 126 valence electrons. The van der Waals surface area contributed by atoms with Gasteiger partial charge in [-0.15, -0.1) is 0 Å². The lowest BCUT2D eigenvalue weighted by atomic mass is 9.99. The van der Waals surface area contributed by atoms with Crippen molar-refractivity contribution in [2.75, 3.05) is 25.5 Å². The number of hydrogen-bond donors (Lipinski definition) is 2. The second kappa shape index (κ2) is 8.11. The van der Waals surface area contributed by atoms with E-state index in [0.29, 0.717) is 12.0 Å². The Kier molecular flexibility index (Phi) is 6.16. The average Bonchev–Trinajstić information content (AvgIpc) is 3.30. The molecule has 5 heteroatoms. The van der Waals surface area contributed by atoms with Crippen LogP contribution < -0.4 is 10.6 Å². The van der Waals surface area contributed by atoms with Crippen LogP contribution in [0.15, 0.2) is 24.3 Å². The van der Waals surface area contributed by atoms with Gasteiger partial charge in [0.1, 0.15) is 0 Å². The lowest BCUT2D eigenvalue weighted by molar-refractivity contribution is -0.123. The van der Waals surface area contributed by atoms with Gasteiger partial charge in [0.15, 0.2) is 0 Å². The van der Waals surface area contributed by atoms with E-state index >= 15 is 0 Å². The summed E-state index contributed by atoms with van der Waals surface area (Å²) in [7, 11) is 1.78. The number of carbonyl (C=O) groups is 2. The maximum Gasteiger partial charge on any atom is 0.238 e. The van der Waals surface area contributed by atoms with E-state index in [1.165, 1.54) is 5.56 Å². The highest BCUT2D eigenvalue weighted by Crippen LogP contribution is 2.20. The van der Waals surface area contributed by atoms with Crippen LogP contribution in [-0.2, 0) is 9.59 Å². The third-order valence-corrected chi connectivity index (χ3v) is 4.15. The van der Waals surface area contributed by atoms with Gasteiger partial charge < -0.3 is 10.6 Å². The molecular weight excluding hydrogens is 290 g/mol. The van der Waals surface area contributed by atoms with Crippen LogP contribution in [0, 0.1) is 0 Å². The summed E-state index contributed by atoms with van der Waals surface area (Å²) in [6, 6.07) is 8.32. The molecule has 1 fully saturated rings. The maximum atomic E-state index is 12.0. The van der Waals surface area contributed by atoms with Crippen molar-refractivity contribution in [3.8, 4) is 0 Å². The normalized spacial score (nSPS) is 15.3. The van der Waals surface area contributed by atoms with Crippen molar-refractivity contribution in [2.24, 2.45) is 0 Å². The predicted molar refractivity (Wildman–Crippen MR) is 92.4 cm³/mol. The van der Waals surface area contributed by atoms with Gasteiger partial charge in [0, 0.05) is 11.7 Å². The van der Waals surface area contributed by atoms with Gasteiger partial charge in [-0.1, -0.05) is 26.0 Å². The number of carbonyl (C=O) groups excluding carboxylic acids is 2. The molecule has 2 rings (SSSR count). The molecule has 5 nitrogen and oxygen atoms in total. The first-order chi connectivity index (χ1) is 11.0. The minimum atomic E-state index is -0.108. The standard InChI is InChI=1S/C18H27N3O2/c1-4-13(2)14-5-7-15(8-6-14)19-17(22)11-21(3)12-18(23)20-16-9-10-16/h5-8,13,16H,4,9-12H2,1-3H3,(H,19,22)(H,20,23)/t13-/m1/s1. The van der Waals surface area contributed by atoms with Gasteiger partial charge in [0.2, 0.25) is 11.8 Å². The number of hydrogen-bond acceptors (Lipinski definition) is 3. The number of nitrogens with one attached hydrogen (secondary N) is 2. The molecule has 2 amide bonds. The van der Waals surface area contributed by atoms with E-state index in [1.54, 1.807) is 11.9 Å². The van der Waals surface area contributed by atoms with Crippen LogP contribution >= 0.6 is 0 Å². The minimum Gasteiger partial charge on any atom is -0.352 e. The number of anilines is 1. The Labute approximate surface area is 138 Å². The fourth-order valence-electron chi connectivity index (χ4n) is 2.38. The highest BCUT2D eigenvalue weighted by Gasteiger charge is 2.23. The smallest absolute Gasteiger partial charge is 0.238 e. The predicted octanol–water partition coefficient (Wildman–Crippen LogP) is 2.35. The summed E-state index contributed by atoms with van der Waals surface area (Å²) in [5.74, 6) is 0.402. The summed E-state index contributed by atoms with van der Waals surface area (Å²) < 4.78 is 0. The van der Waals surface area contributed by atoms with Crippen molar-refractivity contribution in [3.05, 3.63) is 29.8 Å². The molecule has 1 aliphatic carbocycles. The molecule has 0 radical (unpaired) electrons. The Balaban J connectivity index is 1.75. The third-order valence-electron chi connectivity index (χ3n) is 4.15. The van der Waals surface area contributed by atoms with E-state index in [0.717, 1.165) is 24.9 Å². The van der Waals surface area contributed by atoms with Crippen molar-refractivity contribution >= 4 is 17.5 Å². The van der Waals surface area contributed by atoms with Gasteiger partial charge in [0.05, 0.1) is 13.1 Å². The minimum absolute atomic E-state index is 0.0132. The molecule has 1 atom stereocenters. The van der Waals surface area contributed by atoms with E-state index in [4.69, 9.17) is 0 Å². The van der Waals surface area contributed by atoms with Crippen LogP contribution in [0.3, 0.4) is 0 Å². The number of nitrogens with zero attached hydrogens (tertiary/aromatic N) is 1. The zero-order valence-electron chi connectivity index (χ0n) is 14.3. The van der Waals surface area contributed by atoms with Gasteiger partial charge in [-0.2, -0.15) is 0 Å². The fraction of sp³-hybridized carbons (Fsp3) is 0.556. The van der Waals surface area contributed by atoms with Crippen molar-refractivity contribution in [2.45, 2.75) is 45.1 Å². The monoisotopic (exact) mass is 317 g/mol. The van der Waals surface area contributed by atoms with Gasteiger partial charge in [-0.3, -0.25) is 14.5 Å². The lowest BCUT2D eigenvalue weighted by Gasteiger charge is -2.16. The number of rotatable bonds is 8. The largest absolute Gasteiger partial charge is 0.352 e. The number of benzene rings is 1. The van der Waals surface area contributed by atoms with Crippen molar-refractivity contribution < 1.29 is 9.59 Å². The van der Waals surface area contributed by atoms with E-state index in [1.807, 2.05) is 12.1 Å². The molecule has 0 aliphatic heterocycles. The first-order valence-electron chi connectivity index (χ1n) is 8.35. The molecule has 0 heterocycles. The Bertz CT molecular complexity index is 538. The highest BCUT2D eigenvalue weighted by molar-refractivity contribution is 5.92. The zero-order valence-corrected chi connectivity index (χ0v) is 14.3. The van der Waals surface area contributed by atoms with Crippen LogP contribution in [0.1, 0.15) is 44.6 Å². The Morgan fingerprint density at radius 2 is 1.78 bits per heavy atom. The van der Waals surface area contributed by atoms with Crippen LogP contribution in [0.25, 0.3) is 0 Å². The number of amides is 2. The van der Waals surface area contributed by atoms with Crippen molar-refractivity contribution in [3.63, 3.8) is 0 Å². The first kappa shape index (κ1) is 17.5. The summed E-state index contributed by atoms with van der Waals surface area (Å²) >= 11 is 0. The molecule has 0 aromatic heterocycles. The van der Waals surface area contributed by atoms with Gasteiger partial charge in [-0.25, -0.2) is 0 Å². The Morgan fingerprint density at radius 3 is 2.35 bits per heavy atom. The molecule has 2 N–H and O–H groups in total. The molecular formula is C18H27N3O2. The molecule has 1 aliphatic rings. The summed E-state index contributed by atoms with van der Waals surface area (Å²) in [5.41, 5.74) is 2.07. The van der Waals surface area contributed by atoms with Gasteiger partial charge >= 0.3 is 0 Å². The zero-order chi connectivity index (χ0) is 16.8. The molecule has 0 spiro atoms. The van der Waals surface area contributed by atoms with Crippen molar-refractivity contribution in [1.82, 2.24) is 10.2 Å². The quantitative estimate of drug-likeness (QED) is 0.774. The molecule has 0 unspecified atom stereocenters.